The van der Waals surface area contributed by atoms with Gasteiger partial charge in [0, 0.05) is 24.9 Å². The molecule has 0 aliphatic carbocycles. The summed E-state index contributed by atoms with van der Waals surface area (Å²) in [7, 11) is 0. The second kappa shape index (κ2) is 5.97. The van der Waals surface area contributed by atoms with Gasteiger partial charge in [-0.1, -0.05) is 26.0 Å². The average molecular weight is 262 g/mol. The van der Waals surface area contributed by atoms with Gasteiger partial charge in [0.25, 0.3) is 0 Å². The number of hydrogen-bond acceptors (Lipinski definition) is 2. The van der Waals surface area contributed by atoms with Gasteiger partial charge in [-0.05, 0) is 29.5 Å². The van der Waals surface area contributed by atoms with Crippen molar-refractivity contribution in [3.8, 4) is 11.1 Å². The fraction of sp³-hybridized carbons (Fsp3) is 0.400. The summed E-state index contributed by atoms with van der Waals surface area (Å²) < 4.78 is 15.7. The Morgan fingerprint density at radius 3 is 2.74 bits per heavy atom. The van der Waals surface area contributed by atoms with Gasteiger partial charge in [0.05, 0.1) is 6.20 Å². The molecule has 0 spiro atoms. The topological polar surface area (TPSA) is 38.0 Å². The lowest BCUT2D eigenvalue weighted by atomic mass is 10.1. The van der Waals surface area contributed by atoms with Gasteiger partial charge in [-0.3, -0.25) is 4.68 Å². The first-order chi connectivity index (χ1) is 9.10. The number of benzene rings is 1. The van der Waals surface area contributed by atoms with Gasteiger partial charge >= 0.3 is 0 Å². The molecule has 0 unspecified atom stereocenters. The molecule has 0 fully saturated rings. The Bertz CT molecular complexity index is 549. The van der Waals surface area contributed by atoms with Crippen LogP contribution in [-0.4, -0.2) is 21.5 Å². The summed E-state index contributed by atoms with van der Waals surface area (Å²) in [6.07, 6.45) is 4.03. The molecule has 0 bridgehead atoms. The molecule has 2 rings (SSSR count). The van der Waals surface area contributed by atoms with Gasteiger partial charge in [0.2, 0.25) is 0 Å². The average Bonchev–Trinajstić information content (AvgIpc) is 2.79. The number of aromatic nitrogens is 2. The monoisotopic (exact) mass is 262 g/mol. The number of nitrogens with zero attached hydrogens (tertiary/aromatic N) is 2. The molecule has 0 aliphatic rings. The Balaban J connectivity index is 2.22. The lowest BCUT2D eigenvalue weighted by Gasteiger charge is -2.04. The lowest BCUT2D eigenvalue weighted by Crippen LogP contribution is -2.03. The number of halogens is 1. The zero-order chi connectivity index (χ0) is 13.8. The summed E-state index contributed by atoms with van der Waals surface area (Å²) in [6, 6.07) is 5.09. The third kappa shape index (κ3) is 3.41. The van der Waals surface area contributed by atoms with Crippen molar-refractivity contribution < 1.29 is 9.50 Å². The largest absolute Gasteiger partial charge is 0.396 e. The van der Waals surface area contributed by atoms with E-state index in [2.05, 4.69) is 18.9 Å². The predicted octanol–water partition coefficient (Wildman–Crippen LogP) is 2.88. The fourth-order valence-electron chi connectivity index (χ4n) is 2.04. The van der Waals surface area contributed by atoms with Crippen LogP contribution < -0.4 is 0 Å². The minimum absolute atomic E-state index is 0.0391. The van der Waals surface area contributed by atoms with E-state index in [1.54, 1.807) is 12.3 Å². The van der Waals surface area contributed by atoms with E-state index in [0.717, 1.165) is 17.7 Å². The molecule has 1 heterocycles. The van der Waals surface area contributed by atoms with E-state index in [9.17, 15) is 4.39 Å². The van der Waals surface area contributed by atoms with E-state index in [-0.39, 0.29) is 12.4 Å². The molecule has 0 radical (unpaired) electrons. The molecule has 3 nitrogen and oxygen atoms in total. The van der Waals surface area contributed by atoms with Crippen LogP contribution in [-0.2, 0) is 13.0 Å². The van der Waals surface area contributed by atoms with Crippen molar-refractivity contribution in [2.24, 2.45) is 5.92 Å². The van der Waals surface area contributed by atoms with E-state index in [1.165, 1.54) is 6.07 Å². The fourth-order valence-corrected chi connectivity index (χ4v) is 2.04. The molecule has 0 aliphatic heterocycles. The van der Waals surface area contributed by atoms with Crippen molar-refractivity contribution in [1.82, 2.24) is 9.78 Å². The van der Waals surface area contributed by atoms with Crippen LogP contribution in [0.15, 0.2) is 30.6 Å². The highest BCUT2D eigenvalue weighted by molar-refractivity contribution is 5.62. The molecule has 102 valence electrons. The van der Waals surface area contributed by atoms with Crippen LogP contribution in [0.2, 0.25) is 0 Å². The van der Waals surface area contributed by atoms with Crippen LogP contribution in [0.25, 0.3) is 11.1 Å². The highest BCUT2D eigenvalue weighted by Gasteiger charge is 2.07. The van der Waals surface area contributed by atoms with Gasteiger partial charge in [-0.25, -0.2) is 4.39 Å². The lowest BCUT2D eigenvalue weighted by molar-refractivity contribution is 0.297. The van der Waals surface area contributed by atoms with Gasteiger partial charge in [0.1, 0.15) is 5.82 Å². The normalized spacial score (nSPS) is 11.2. The Labute approximate surface area is 112 Å². The van der Waals surface area contributed by atoms with Crippen molar-refractivity contribution in [3.63, 3.8) is 0 Å². The van der Waals surface area contributed by atoms with Crippen LogP contribution in [0.4, 0.5) is 4.39 Å². The quantitative estimate of drug-likeness (QED) is 0.899. The first-order valence-electron chi connectivity index (χ1n) is 6.52. The van der Waals surface area contributed by atoms with Crippen LogP contribution >= 0.6 is 0 Å². The molecule has 1 aromatic carbocycles. The Hall–Kier alpha value is -1.68. The highest BCUT2D eigenvalue weighted by atomic mass is 19.1. The van der Waals surface area contributed by atoms with Crippen LogP contribution in [0.1, 0.15) is 19.4 Å². The first kappa shape index (κ1) is 13.7. The third-order valence-corrected chi connectivity index (χ3v) is 2.95. The summed E-state index contributed by atoms with van der Waals surface area (Å²) in [4.78, 5) is 0. The van der Waals surface area contributed by atoms with Crippen LogP contribution in [0.3, 0.4) is 0 Å². The molecule has 0 atom stereocenters. The van der Waals surface area contributed by atoms with Gasteiger partial charge in [0.15, 0.2) is 0 Å². The smallest absolute Gasteiger partial charge is 0.127 e. The molecular weight excluding hydrogens is 243 g/mol. The molecule has 19 heavy (non-hydrogen) atoms. The summed E-state index contributed by atoms with van der Waals surface area (Å²) in [6.45, 7) is 5.07. The van der Waals surface area contributed by atoms with E-state index in [0.29, 0.717) is 17.9 Å². The van der Waals surface area contributed by atoms with Crippen molar-refractivity contribution >= 4 is 0 Å². The number of aliphatic hydroxyl groups excluding tert-OH is 1. The highest BCUT2D eigenvalue weighted by Crippen LogP contribution is 2.22. The van der Waals surface area contributed by atoms with E-state index in [1.807, 2.05) is 16.9 Å². The van der Waals surface area contributed by atoms with Crippen LogP contribution in [0.5, 0.6) is 0 Å². The van der Waals surface area contributed by atoms with Crippen molar-refractivity contribution in [3.05, 3.63) is 42.0 Å². The maximum Gasteiger partial charge on any atom is 0.127 e. The zero-order valence-electron chi connectivity index (χ0n) is 11.3. The Morgan fingerprint density at radius 2 is 2.11 bits per heavy atom. The van der Waals surface area contributed by atoms with E-state index < -0.39 is 0 Å². The predicted molar refractivity (Wildman–Crippen MR) is 73.2 cm³/mol. The number of rotatable bonds is 5. The Morgan fingerprint density at radius 1 is 1.32 bits per heavy atom. The minimum atomic E-state index is -0.275. The van der Waals surface area contributed by atoms with Crippen molar-refractivity contribution in [1.29, 1.82) is 0 Å². The molecular formula is C15H19FN2O. The van der Waals surface area contributed by atoms with Crippen LogP contribution in [0, 0.1) is 11.7 Å². The molecule has 4 heteroatoms. The van der Waals surface area contributed by atoms with Gasteiger partial charge in [-0.2, -0.15) is 5.10 Å². The molecule has 0 saturated carbocycles. The van der Waals surface area contributed by atoms with Crippen molar-refractivity contribution in [2.75, 3.05) is 6.61 Å². The summed E-state index contributed by atoms with van der Waals surface area (Å²) in [5.41, 5.74) is 2.27. The number of aliphatic hydroxyl groups is 1. The maximum absolute atomic E-state index is 13.8. The van der Waals surface area contributed by atoms with E-state index in [4.69, 9.17) is 5.11 Å². The molecule has 0 saturated heterocycles. The van der Waals surface area contributed by atoms with E-state index >= 15 is 0 Å². The summed E-state index contributed by atoms with van der Waals surface area (Å²) >= 11 is 0. The number of hydrogen-bond donors (Lipinski definition) is 1. The second-order valence-corrected chi connectivity index (χ2v) is 5.12. The van der Waals surface area contributed by atoms with Gasteiger partial charge in [-0.15, -0.1) is 0 Å². The summed E-state index contributed by atoms with van der Waals surface area (Å²) in [5.74, 6) is 0.250. The first-order valence-corrected chi connectivity index (χ1v) is 6.52. The molecule has 0 amide bonds. The molecule has 1 aromatic heterocycles. The Kier molecular flexibility index (Phi) is 4.32. The molecule has 2 aromatic rings. The standard InChI is InChI=1S/C15H19FN2O/c1-11(2)9-18-10-14(8-17-18)13-4-3-12(5-6-19)15(16)7-13/h3-4,7-8,10-11,19H,5-6,9H2,1-2H3. The van der Waals surface area contributed by atoms with Crippen molar-refractivity contribution in [2.45, 2.75) is 26.8 Å². The molecule has 1 N–H and O–H groups in total. The minimum Gasteiger partial charge on any atom is -0.396 e. The second-order valence-electron chi connectivity index (χ2n) is 5.12. The SMILES string of the molecule is CC(C)Cn1cc(-c2ccc(CCO)c(F)c2)cn1. The zero-order valence-corrected chi connectivity index (χ0v) is 11.3. The third-order valence-electron chi connectivity index (χ3n) is 2.95. The maximum atomic E-state index is 13.8. The summed E-state index contributed by atoms with van der Waals surface area (Å²) in [5, 5.41) is 13.1. The van der Waals surface area contributed by atoms with Gasteiger partial charge < -0.3 is 5.11 Å².